The molecule has 0 radical (unpaired) electrons. The monoisotopic (exact) mass is 239 g/mol. The average molecular weight is 239 g/mol. The van der Waals surface area contributed by atoms with Crippen molar-refractivity contribution in [1.29, 1.82) is 10.5 Å². The van der Waals surface area contributed by atoms with Gasteiger partial charge in [-0.1, -0.05) is 19.9 Å². The summed E-state index contributed by atoms with van der Waals surface area (Å²) in [5.41, 5.74) is 2.05. The second-order valence-corrected chi connectivity index (χ2v) is 4.81. The van der Waals surface area contributed by atoms with Crippen molar-refractivity contribution in [3.05, 3.63) is 35.5 Å². The molecule has 0 unspecified atom stereocenters. The van der Waals surface area contributed by atoms with Gasteiger partial charge in [-0.15, -0.1) is 0 Å². The largest absolute Gasteiger partial charge is 0.492 e. The molecule has 0 atom stereocenters. The second kappa shape index (κ2) is 4.43. The zero-order chi connectivity index (χ0) is 13.2. The molecule has 0 bridgehead atoms. The molecule has 1 aromatic carbocycles. The summed E-state index contributed by atoms with van der Waals surface area (Å²) in [5, 5.41) is 20.2. The number of anilines is 1. The van der Waals surface area contributed by atoms with E-state index in [1.54, 1.807) is 12.1 Å². The van der Waals surface area contributed by atoms with Gasteiger partial charge in [0.15, 0.2) is 0 Å². The minimum absolute atomic E-state index is 0.0359. The molecule has 4 heteroatoms. The summed E-state index contributed by atoms with van der Waals surface area (Å²) in [7, 11) is 0. The van der Waals surface area contributed by atoms with Crippen LogP contribution in [0.5, 0.6) is 5.75 Å². The molecule has 2 rings (SSSR count). The van der Waals surface area contributed by atoms with Gasteiger partial charge >= 0.3 is 0 Å². The number of hydrogen-bond acceptors (Lipinski definition) is 4. The van der Waals surface area contributed by atoms with Crippen LogP contribution >= 0.6 is 0 Å². The smallest absolute Gasteiger partial charge is 0.145 e. The number of hydrogen-bond donors (Lipinski definition) is 1. The van der Waals surface area contributed by atoms with E-state index in [1.807, 2.05) is 18.2 Å². The third-order valence-electron chi connectivity index (χ3n) is 2.92. The number of ether oxygens (including phenoxy) is 1. The van der Waals surface area contributed by atoms with Gasteiger partial charge in [0.1, 0.15) is 23.5 Å². The van der Waals surface area contributed by atoms with Gasteiger partial charge in [0.2, 0.25) is 0 Å². The molecule has 1 N–H and O–H groups in total. The van der Waals surface area contributed by atoms with Gasteiger partial charge in [0, 0.05) is 28.9 Å². The van der Waals surface area contributed by atoms with E-state index >= 15 is 0 Å². The molecule has 0 saturated carbocycles. The maximum Gasteiger partial charge on any atom is 0.145 e. The first-order valence-electron chi connectivity index (χ1n) is 5.61. The Morgan fingerprint density at radius 2 is 2.11 bits per heavy atom. The van der Waals surface area contributed by atoms with Crippen LogP contribution in [0.2, 0.25) is 0 Å². The summed E-state index contributed by atoms with van der Waals surface area (Å²) >= 11 is 0. The quantitative estimate of drug-likeness (QED) is 0.805. The van der Waals surface area contributed by atoms with Crippen LogP contribution in [0.15, 0.2) is 30.0 Å². The highest BCUT2D eigenvalue weighted by Gasteiger charge is 2.31. The highest BCUT2D eigenvalue weighted by Crippen LogP contribution is 2.39. The molecule has 1 aliphatic heterocycles. The van der Waals surface area contributed by atoms with Gasteiger partial charge in [-0.05, 0) is 6.07 Å². The Kier molecular flexibility index (Phi) is 2.95. The van der Waals surface area contributed by atoms with E-state index in [2.05, 4.69) is 19.2 Å². The molecule has 1 aliphatic rings. The lowest BCUT2D eigenvalue weighted by atomic mass is 9.87. The highest BCUT2D eigenvalue weighted by molar-refractivity contribution is 5.57. The minimum Gasteiger partial charge on any atom is -0.492 e. The van der Waals surface area contributed by atoms with Crippen LogP contribution in [-0.4, -0.2) is 6.61 Å². The standard InChI is InChI=1S/C14H13N3O/c1-14(2)9-18-13-5-11(3-4-12(13)14)17-8-10(6-15)7-16/h3-5,8,17H,9H2,1-2H3. The molecular formula is C14H13N3O. The fourth-order valence-corrected chi connectivity index (χ4v) is 1.87. The van der Waals surface area contributed by atoms with E-state index in [0.717, 1.165) is 11.4 Å². The Hall–Kier alpha value is -2.46. The normalized spacial score (nSPS) is 14.7. The molecular weight excluding hydrogens is 226 g/mol. The summed E-state index contributed by atoms with van der Waals surface area (Å²) in [5.74, 6) is 0.855. The molecule has 1 aromatic rings. The third-order valence-corrected chi connectivity index (χ3v) is 2.92. The van der Waals surface area contributed by atoms with Crippen molar-refractivity contribution in [2.75, 3.05) is 11.9 Å². The third kappa shape index (κ3) is 2.14. The zero-order valence-electron chi connectivity index (χ0n) is 10.3. The Bertz CT molecular complexity index is 572. The zero-order valence-corrected chi connectivity index (χ0v) is 10.3. The maximum absolute atomic E-state index is 8.62. The number of allylic oxidation sites excluding steroid dienone is 1. The molecule has 0 fully saturated rings. The highest BCUT2D eigenvalue weighted by atomic mass is 16.5. The summed E-state index contributed by atoms with van der Waals surface area (Å²) in [6, 6.07) is 9.39. The van der Waals surface area contributed by atoms with Gasteiger partial charge in [0.25, 0.3) is 0 Å². The SMILES string of the molecule is CC1(C)COc2cc(NC=C(C#N)C#N)ccc21. The number of rotatable bonds is 2. The lowest BCUT2D eigenvalue weighted by Gasteiger charge is -2.14. The molecule has 4 nitrogen and oxygen atoms in total. The lowest BCUT2D eigenvalue weighted by Crippen LogP contribution is -2.18. The predicted octanol–water partition coefficient (Wildman–Crippen LogP) is 2.70. The van der Waals surface area contributed by atoms with Gasteiger partial charge < -0.3 is 10.1 Å². The fraction of sp³-hybridized carbons (Fsp3) is 0.286. The maximum atomic E-state index is 8.62. The Balaban J connectivity index is 2.23. The molecule has 0 amide bonds. The minimum atomic E-state index is 0.0359. The summed E-state index contributed by atoms with van der Waals surface area (Å²) < 4.78 is 5.62. The topological polar surface area (TPSA) is 68.8 Å². The van der Waals surface area contributed by atoms with Crippen molar-refractivity contribution in [3.8, 4) is 17.9 Å². The Morgan fingerprint density at radius 3 is 2.78 bits per heavy atom. The Labute approximate surface area is 106 Å². The van der Waals surface area contributed by atoms with E-state index in [0.29, 0.717) is 6.61 Å². The van der Waals surface area contributed by atoms with E-state index in [-0.39, 0.29) is 11.0 Å². The lowest BCUT2D eigenvalue weighted by molar-refractivity contribution is 0.291. The molecule has 90 valence electrons. The molecule has 1 heterocycles. The molecule has 18 heavy (non-hydrogen) atoms. The van der Waals surface area contributed by atoms with E-state index in [9.17, 15) is 0 Å². The fourth-order valence-electron chi connectivity index (χ4n) is 1.87. The number of benzene rings is 1. The second-order valence-electron chi connectivity index (χ2n) is 4.81. The van der Waals surface area contributed by atoms with Crippen LogP contribution in [0.25, 0.3) is 0 Å². The predicted molar refractivity (Wildman–Crippen MR) is 67.9 cm³/mol. The Morgan fingerprint density at radius 1 is 1.39 bits per heavy atom. The first-order valence-corrected chi connectivity index (χ1v) is 5.61. The molecule has 0 saturated heterocycles. The van der Waals surface area contributed by atoms with Crippen molar-refractivity contribution >= 4 is 5.69 Å². The molecule has 0 aliphatic carbocycles. The van der Waals surface area contributed by atoms with Gasteiger partial charge in [0.05, 0.1) is 6.61 Å². The van der Waals surface area contributed by atoms with E-state index in [4.69, 9.17) is 15.3 Å². The molecule has 0 spiro atoms. The van der Waals surface area contributed by atoms with Gasteiger partial charge in [-0.2, -0.15) is 10.5 Å². The van der Waals surface area contributed by atoms with Crippen LogP contribution in [-0.2, 0) is 5.41 Å². The number of nitrogens with zero attached hydrogens (tertiary/aromatic N) is 2. The van der Waals surface area contributed by atoms with Crippen molar-refractivity contribution < 1.29 is 4.74 Å². The first kappa shape index (κ1) is 12.0. The van der Waals surface area contributed by atoms with Crippen LogP contribution in [0, 0.1) is 22.7 Å². The van der Waals surface area contributed by atoms with Crippen LogP contribution in [0.4, 0.5) is 5.69 Å². The van der Waals surface area contributed by atoms with Crippen molar-refractivity contribution in [3.63, 3.8) is 0 Å². The number of fused-ring (bicyclic) bond motifs is 1. The van der Waals surface area contributed by atoms with Crippen molar-refractivity contribution in [2.45, 2.75) is 19.3 Å². The van der Waals surface area contributed by atoms with Crippen molar-refractivity contribution in [2.24, 2.45) is 0 Å². The average Bonchev–Trinajstić information content (AvgIpc) is 2.66. The summed E-state index contributed by atoms with van der Waals surface area (Å²) in [4.78, 5) is 0. The summed E-state index contributed by atoms with van der Waals surface area (Å²) in [6.07, 6.45) is 1.39. The van der Waals surface area contributed by atoms with Gasteiger partial charge in [-0.3, -0.25) is 0 Å². The van der Waals surface area contributed by atoms with E-state index < -0.39 is 0 Å². The summed E-state index contributed by atoms with van der Waals surface area (Å²) in [6.45, 7) is 4.94. The van der Waals surface area contributed by atoms with Crippen molar-refractivity contribution in [1.82, 2.24) is 0 Å². The van der Waals surface area contributed by atoms with Gasteiger partial charge in [-0.25, -0.2) is 0 Å². The van der Waals surface area contributed by atoms with E-state index in [1.165, 1.54) is 11.8 Å². The van der Waals surface area contributed by atoms with Crippen LogP contribution in [0.1, 0.15) is 19.4 Å². The van der Waals surface area contributed by atoms with Crippen LogP contribution in [0.3, 0.4) is 0 Å². The molecule has 0 aromatic heterocycles. The first-order chi connectivity index (χ1) is 8.56. The van der Waals surface area contributed by atoms with Crippen LogP contribution < -0.4 is 10.1 Å². The number of nitrogens with one attached hydrogen (secondary N) is 1. The number of nitriles is 2.